The Kier molecular flexibility index (Phi) is 3.38. The first-order chi connectivity index (χ1) is 7.26. The highest BCUT2D eigenvalue weighted by atomic mass is 16.4. The van der Waals surface area contributed by atoms with Gasteiger partial charge in [-0.15, -0.1) is 0 Å². The molecule has 3 heteroatoms. The van der Waals surface area contributed by atoms with Crippen molar-refractivity contribution in [3.8, 4) is 0 Å². The lowest BCUT2D eigenvalue weighted by Gasteiger charge is -2.28. The molecule has 0 saturated carbocycles. The molecule has 88 valence electrons. The van der Waals surface area contributed by atoms with E-state index in [1.807, 2.05) is 26.0 Å². The first-order valence-electron chi connectivity index (χ1n) is 5.29. The van der Waals surface area contributed by atoms with Gasteiger partial charge in [-0.05, 0) is 44.4 Å². The van der Waals surface area contributed by atoms with Crippen LogP contribution in [0.4, 0.5) is 0 Å². The maximum absolute atomic E-state index is 10.9. The van der Waals surface area contributed by atoms with E-state index in [-0.39, 0.29) is 0 Å². The molecule has 1 aromatic carbocycles. The van der Waals surface area contributed by atoms with E-state index >= 15 is 0 Å². The molecule has 0 aliphatic carbocycles. The molecule has 16 heavy (non-hydrogen) atoms. The summed E-state index contributed by atoms with van der Waals surface area (Å²) in [6, 6.07) is 5.52. The van der Waals surface area contributed by atoms with E-state index in [2.05, 4.69) is 0 Å². The van der Waals surface area contributed by atoms with Crippen LogP contribution in [-0.4, -0.2) is 16.2 Å². The Hall–Kier alpha value is -1.35. The van der Waals surface area contributed by atoms with Crippen molar-refractivity contribution >= 4 is 5.97 Å². The van der Waals surface area contributed by atoms with Crippen molar-refractivity contribution in [2.24, 2.45) is 5.92 Å². The van der Waals surface area contributed by atoms with Gasteiger partial charge in [-0.25, -0.2) is 0 Å². The van der Waals surface area contributed by atoms with E-state index in [1.54, 1.807) is 6.07 Å². The molecular formula is C13H18O3. The topological polar surface area (TPSA) is 57.5 Å². The second-order valence-electron chi connectivity index (χ2n) is 4.51. The zero-order valence-electron chi connectivity index (χ0n) is 10.1. The van der Waals surface area contributed by atoms with Gasteiger partial charge in [-0.2, -0.15) is 0 Å². The lowest BCUT2D eigenvalue weighted by Crippen LogP contribution is -2.35. The Morgan fingerprint density at radius 1 is 1.31 bits per heavy atom. The Balaban J connectivity index is 3.16. The van der Waals surface area contributed by atoms with Crippen LogP contribution >= 0.6 is 0 Å². The quantitative estimate of drug-likeness (QED) is 0.824. The number of carboxylic acids is 1. The molecule has 2 atom stereocenters. The third-order valence-electron chi connectivity index (χ3n) is 3.30. The van der Waals surface area contributed by atoms with E-state index in [0.717, 1.165) is 11.1 Å². The highest BCUT2D eigenvalue weighted by molar-refractivity contribution is 5.71. The minimum atomic E-state index is -1.34. The Labute approximate surface area is 95.7 Å². The van der Waals surface area contributed by atoms with Crippen molar-refractivity contribution < 1.29 is 15.0 Å². The van der Waals surface area contributed by atoms with Crippen molar-refractivity contribution in [2.45, 2.75) is 33.3 Å². The lowest BCUT2D eigenvalue weighted by atomic mass is 9.83. The monoisotopic (exact) mass is 222 g/mol. The summed E-state index contributed by atoms with van der Waals surface area (Å²) >= 11 is 0. The molecular weight excluding hydrogens is 204 g/mol. The van der Waals surface area contributed by atoms with Crippen LogP contribution in [0, 0.1) is 19.8 Å². The van der Waals surface area contributed by atoms with Gasteiger partial charge in [0, 0.05) is 0 Å². The van der Waals surface area contributed by atoms with Crippen molar-refractivity contribution in [3.05, 3.63) is 34.9 Å². The standard InChI is InChI=1S/C13H18O3/c1-8-5-6-11(7-9(8)2)13(4,16)10(3)12(14)15/h5-7,10,16H,1-4H3,(H,14,15). The van der Waals surface area contributed by atoms with Gasteiger partial charge in [-0.1, -0.05) is 18.2 Å². The number of aliphatic carboxylic acids is 1. The molecule has 1 aromatic rings. The summed E-state index contributed by atoms with van der Waals surface area (Å²) in [7, 11) is 0. The summed E-state index contributed by atoms with van der Waals surface area (Å²) in [4.78, 5) is 10.9. The van der Waals surface area contributed by atoms with Gasteiger partial charge in [0.2, 0.25) is 0 Å². The van der Waals surface area contributed by atoms with Crippen molar-refractivity contribution in [1.82, 2.24) is 0 Å². The number of hydrogen-bond donors (Lipinski definition) is 2. The zero-order valence-corrected chi connectivity index (χ0v) is 10.1. The third kappa shape index (κ3) is 2.25. The molecule has 3 nitrogen and oxygen atoms in total. The van der Waals surface area contributed by atoms with Crippen LogP contribution in [-0.2, 0) is 10.4 Å². The van der Waals surface area contributed by atoms with Gasteiger partial charge in [0.1, 0.15) is 0 Å². The molecule has 0 heterocycles. The average Bonchev–Trinajstić information content (AvgIpc) is 2.20. The van der Waals surface area contributed by atoms with Crippen molar-refractivity contribution in [3.63, 3.8) is 0 Å². The first kappa shape index (κ1) is 12.7. The second kappa shape index (κ2) is 4.26. The molecule has 2 N–H and O–H groups in total. The summed E-state index contributed by atoms with van der Waals surface area (Å²) < 4.78 is 0. The molecule has 0 spiro atoms. The second-order valence-corrected chi connectivity index (χ2v) is 4.51. The summed E-state index contributed by atoms with van der Waals surface area (Å²) in [6.07, 6.45) is 0. The number of rotatable bonds is 3. The van der Waals surface area contributed by atoms with Crippen LogP contribution in [0.25, 0.3) is 0 Å². The number of carbonyl (C=O) groups is 1. The van der Waals surface area contributed by atoms with E-state index in [1.165, 1.54) is 13.8 Å². The fourth-order valence-electron chi connectivity index (χ4n) is 1.55. The molecule has 0 aliphatic heterocycles. The van der Waals surface area contributed by atoms with Crippen LogP contribution < -0.4 is 0 Å². The van der Waals surface area contributed by atoms with Gasteiger partial charge < -0.3 is 10.2 Å². The molecule has 0 radical (unpaired) electrons. The Bertz CT molecular complexity index is 408. The van der Waals surface area contributed by atoms with E-state index in [9.17, 15) is 9.90 Å². The number of aliphatic hydroxyl groups is 1. The van der Waals surface area contributed by atoms with Gasteiger partial charge in [0.15, 0.2) is 0 Å². The first-order valence-corrected chi connectivity index (χ1v) is 5.29. The van der Waals surface area contributed by atoms with Gasteiger partial charge in [-0.3, -0.25) is 4.79 Å². The van der Waals surface area contributed by atoms with E-state index in [0.29, 0.717) is 5.56 Å². The van der Waals surface area contributed by atoms with Gasteiger partial charge >= 0.3 is 5.97 Å². The van der Waals surface area contributed by atoms with Crippen molar-refractivity contribution in [2.75, 3.05) is 0 Å². The van der Waals surface area contributed by atoms with Crippen molar-refractivity contribution in [1.29, 1.82) is 0 Å². The van der Waals surface area contributed by atoms with E-state index < -0.39 is 17.5 Å². The predicted molar refractivity (Wildman–Crippen MR) is 62.3 cm³/mol. The minimum Gasteiger partial charge on any atom is -0.481 e. The molecule has 2 unspecified atom stereocenters. The maximum Gasteiger partial charge on any atom is 0.309 e. The molecule has 0 bridgehead atoms. The molecule has 0 aromatic heterocycles. The van der Waals surface area contributed by atoms with Gasteiger partial charge in [0.25, 0.3) is 0 Å². The van der Waals surface area contributed by atoms with Crippen LogP contribution in [0.1, 0.15) is 30.5 Å². The highest BCUT2D eigenvalue weighted by Gasteiger charge is 2.35. The number of carboxylic acid groups (broad SMARTS) is 1. The Morgan fingerprint density at radius 3 is 2.31 bits per heavy atom. The largest absolute Gasteiger partial charge is 0.481 e. The van der Waals surface area contributed by atoms with Gasteiger partial charge in [0.05, 0.1) is 11.5 Å². The predicted octanol–water partition coefficient (Wildman–Crippen LogP) is 2.23. The summed E-state index contributed by atoms with van der Waals surface area (Å²) in [5.41, 5.74) is 1.48. The molecule has 0 fully saturated rings. The normalized spacial score (nSPS) is 16.6. The summed E-state index contributed by atoms with van der Waals surface area (Å²) in [5.74, 6) is -1.84. The summed E-state index contributed by atoms with van der Waals surface area (Å²) in [6.45, 7) is 6.97. The molecule has 0 amide bonds. The fourth-order valence-corrected chi connectivity index (χ4v) is 1.55. The van der Waals surface area contributed by atoms with E-state index in [4.69, 9.17) is 5.11 Å². The molecule has 0 aliphatic rings. The third-order valence-corrected chi connectivity index (χ3v) is 3.30. The zero-order chi connectivity index (χ0) is 12.5. The highest BCUT2D eigenvalue weighted by Crippen LogP contribution is 2.30. The maximum atomic E-state index is 10.9. The van der Waals surface area contributed by atoms with Crippen LogP contribution in [0.15, 0.2) is 18.2 Å². The summed E-state index contributed by atoms with van der Waals surface area (Å²) in [5, 5.41) is 19.2. The average molecular weight is 222 g/mol. The molecule has 0 saturated heterocycles. The molecule has 1 rings (SSSR count). The minimum absolute atomic E-state index is 0.644. The van der Waals surface area contributed by atoms with Crippen LogP contribution in [0.3, 0.4) is 0 Å². The SMILES string of the molecule is Cc1ccc(C(C)(O)C(C)C(=O)O)cc1C. The Morgan fingerprint density at radius 2 is 1.88 bits per heavy atom. The lowest BCUT2D eigenvalue weighted by molar-refractivity contribution is -0.150. The number of aryl methyl sites for hydroxylation is 2. The van der Waals surface area contributed by atoms with Crippen LogP contribution in [0.2, 0.25) is 0 Å². The number of hydrogen-bond acceptors (Lipinski definition) is 2. The smallest absolute Gasteiger partial charge is 0.309 e. The fraction of sp³-hybridized carbons (Fsp3) is 0.462. The number of benzene rings is 1. The van der Waals surface area contributed by atoms with Crippen LogP contribution in [0.5, 0.6) is 0 Å².